The van der Waals surface area contributed by atoms with E-state index < -0.39 is 5.60 Å². The molecule has 0 aromatic heterocycles. The maximum atomic E-state index is 12.4. The molecule has 1 unspecified atom stereocenters. The fourth-order valence-electron chi connectivity index (χ4n) is 1.97. The summed E-state index contributed by atoms with van der Waals surface area (Å²) < 4.78 is 11.1. The summed E-state index contributed by atoms with van der Waals surface area (Å²) in [4.78, 5) is 12.4. The van der Waals surface area contributed by atoms with Crippen LogP contribution >= 0.6 is 0 Å². The van der Waals surface area contributed by atoms with E-state index in [1.165, 1.54) is 0 Å². The number of benzene rings is 1. The van der Waals surface area contributed by atoms with Gasteiger partial charge in [-0.15, -0.1) is 0 Å². The molecule has 0 radical (unpaired) electrons. The highest BCUT2D eigenvalue weighted by Crippen LogP contribution is 2.25. The zero-order valence-electron chi connectivity index (χ0n) is 13.9. The van der Waals surface area contributed by atoms with Gasteiger partial charge in [-0.2, -0.15) is 5.26 Å². The molecule has 0 heterocycles. The summed E-state index contributed by atoms with van der Waals surface area (Å²) in [5.74, 6) is 0.346. The first-order valence-corrected chi connectivity index (χ1v) is 7.52. The lowest BCUT2D eigenvalue weighted by molar-refractivity contribution is -0.139. The van der Waals surface area contributed by atoms with E-state index in [2.05, 4.69) is 11.4 Å². The molecule has 1 rings (SSSR count). The molecule has 5 nitrogen and oxygen atoms in total. The first-order chi connectivity index (χ1) is 10.4. The fourth-order valence-corrected chi connectivity index (χ4v) is 1.97. The predicted molar refractivity (Wildman–Crippen MR) is 85.9 cm³/mol. The van der Waals surface area contributed by atoms with Crippen molar-refractivity contribution in [1.29, 1.82) is 5.26 Å². The summed E-state index contributed by atoms with van der Waals surface area (Å²) in [7, 11) is 0. The lowest BCUT2D eigenvalue weighted by atomic mass is 10.0. The van der Waals surface area contributed by atoms with E-state index in [1.54, 1.807) is 25.1 Å². The number of hydrogen-bond donors (Lipinski definition) is 1. The van der Waals surface area contributed by atoms with Crippen LogP contribution in [0.4, 0.5) is 5.69 Å². The summed E-state index contributed by atoms with van der Waals surface area (Å²) in [6.45, 7) is 9.76. The van der Waals surface area contributed by atoms with E-state index >= 15 is 0 Å². The standard InChI is InChI=1S/C17H24N2O3/c1-6-17(5,21-7-2)16(20)19-15-9-8-14(22-12(3)4)10-13(15)11-18/h8-10,12H,6-7H2,1-5H3,(H,19,20). The molecule has 0 fully saturated rings. The molecule has 1 atom stereocenters. The van der Waals surface area contributed by atoms with Gasteiger partial charge in [0, 0.05) is 12.7 Å². The summed E-state index contributed by atoms with van der Waals surface area (Å²) in [5.41, 5.74) is -0.0846. The van der Waals surface area contributed by atoms with Gasteiger partial charge in [0.1, 0.15) is 17.4 Å². The van der Waals surface area contributed by atoms with Crippen LogP contribution in [0.3, 0.4) is 0 Å². The van der Waals surface area contributed by atoms with Crippen LogP contribution in [0.1, 0.15) is 46.6 Å². The Kier molecular flexibility index (Phi) is 6.39. The molecule has 1 aromatic rings. The Morgan fingerprint density at radius 3 is 2.59 bits per heavy atom. The van der Waals surface area contributed by atoms with Gasteiger partial charge in [0.2, 0.25) is 0 Å². The third-order valence-electron chi connectivity index (χ3n) is 3.35. The smallest absolute Gasteiger partial charge is 0.256 e. The van der Waals surface area contributed by atoms with Crippen molar-refractivity contribution in [3.05, 3.63) is 23.8 Å². The van der Waals surface area contributed by atoms with Crippen molar-refractivity contribution >= 4 is 11.6 Å². The average molecular weight is 304 g/mol. The van der Waals surface area contributed by atoms with Gasteiger partial charge in [0.05, 0.1) is 17.4 Å². The van der Waals surface area contributed by atoms with Crippen LogP contribution in [0.15, 0.2) is 18.2 Å². The number of rotatable bonds is 7. The molecule has 0 aliphatic rings. The van der Waals surface area contributed by atoms with Crippen LogP contribution in [0.25, 0.3) is 0 Å². The Morgan fingerprint density at radius 2 is 2.09 bits per heavy atom. The summed E-state index contributed by atoms with van der Waals surface area (Å²) >= 11 is 0. The number of anilines is 1. The van der Waals surface area contributed by atoms with E-state index in [9.17, 15) is 10.1 Å². The molecule has 0 spiro atoms. The predicted octanol–water partition coefficient (Wildman–Crippen LogP) is 3.49. The second-order valence-corrected chi connectivity index (χ2v) is 5.46. The highest BCUT2D eigenvalue weighted by molar-refractivity contribution is 5.98. The van der Waals surface area contributed by atoms with E-state index in [4.69, 9.17) is 9.47 Å². The summed E-state index contributed by atoms with van der Waals surface area (Å²) in [6, 6.07) is 7.12. The number of amides is 1. The molecule has 0 saturated heterocycles. The SMILES string of the molecule is CCOC(C)(CC)C(=O)Nc1ccc(OC(C)C)cc1C#N. The number of carbonyl (C=O) groups is 1. The first kappa shape index (κ1) is 18.0. The van der Waals surface area contributed by atoms with Crippen LogP contribution in [-0.4, -0.2) is 24.2 Å². The van der Waals surface area contributed by atoms with E-state index in [1.807, 2.05) is 27.7 Å². The number of nitrogens with one attached hydrogen (secondary N) is 1. The largest absolute Gasteiger partial charge is 0.491 e. The molecule has 1 amide bonds. The van der Waals surface area contributed by atoms with Crippen LogP contribution in [-0.2, 0) is 9.53 Å². The topological polar surface area (TPSA) is 71.3 Å². The highest BCUT2D eigenvalue weighted by Gasteiger charge is 2.32. The molecule has 120 valence electrons. The van der Waals surface area contributed by atoms with Crippen molar-refractivity contribution in [2.24, 2.45) is 0 Å². The number of hydrogen-bond acceptors (Lipinski definition) is 4. The minimum absolute atomic E-state index is 0.0216. The molecule has 1 N–H and O–H groups in total. The minimum atomic E-state index is -0.908. The maximum Gasteiger partial charge on any atom is 0.256 e. The minimum Gasteiger partial charge on any atom is -0.491 e. The molecular weight excluding hydrogens is 280 g/mol. The number of nitrogens with zero attached hydrogens (tertiary/aromatic N) is 1. The second-order valence-electron chi connectivity index (χ2n) is 5.46. The molecule has 0 bridgehead atoms. The monoisotopic (exact) mass is 304 g/mol. The number of ether oxygens (including phenoxy) is 2. The number of carbonyl (C=O) groups excluding carboxylic acids is 1. The van der Waals surface area contributed by atoms with Crippen molar-refractivity contribution < 1.29 is 14.3 Å². The lowest BCUT2D eigenvalue weighted by Gasteiger charge is -2.27. The van der Waals surface area contributed by atoms with Crippen molar-refractivity contribution in [3.8, 4) is 11.8 Å². The van der Waals surface area contributed by atoms with E-state index in [0.717, 1.165) is 0 Å². The van der Waals surface area contributed by atoms with E-state index in [0.29, 0.717) is 30.0 Å². The third-order valence-corrected chi connectivity index (χ3v) is 3.35. The molecule has 22 heavy (non-hydrogen) atoms. The van der Waals surface area contributed by atoms with Gasteiger partial charge in [0.25, 0.3) is 5.91 Å². The zero-order valence-corrected chi connectivity index (χ0v) is 13.9. The zero-order chi connectivity index (χ0) is 16.8. The molecule has 0 aliphatic heterocycles. The van der Waals surface area contributed by atoms with Gasteiger partial charge >= 0.3 is 0 Å². The van der Waals surface area contributed by atoms with Crippen molar-refractivity contribution in [2.75, 3.05) is 11.9 Å². The average Bonchev–Trinajstić information content (AvgIpc) is 2.48. The molecule has 5 heteroatoms. The molecule has 0 saturated carbocycles. The van der Waals surface area contributed by atoms with Crippen LogP contribution in [0.2, 0.25) is 0 Å². The maximum absolute atomic E-state index is 12.4. The molecule has 1 aromatic carbocycles. The van der Waals surface area contributed by atoms with Gasteiger partial charge in [-0.05, 0) is 46.2 Å². The van der Waals surface area contributed by atoms with Crippen molar-refractivity contribution in [3.63, 3.8) is 0 Å². The van der Waals surface area contributed by atoms with Gasteiger partial charge in [-0.25, -0.2) is 0 Å². The van der Waals surface area contributed by atoms with Crippen LogP contribution < -0.4 is 10.1 Å². The van der Waals surface area contributed by atoms with Crippen molar-refractivity contribution in [1.82, 2.24) is 0 Å². The Morgan fingerprint density at radius 1 is 1.41 bits per heavy atom. The van der Waals surface area contributed by atoms with E-state index in [-0.39, 0.29) is 12.0 Å². The fraction of sp³-hybridized carbons (Fsp3) is 0.529. The Balaban J connectivity index is 2.98. The Hall–Kier alpha value is -2.06. The summed E-state index contributed by atoms with van der Waals surface area (Å²) in [6.07, 6.45) is 0.566. The quantitative estimate of drug-likeness (QED) is 0.837. The van der Waals surface area contributed by atoms with Crippen molar-refractivity contribution in [2.45, 2.75) is 52.7 Å². The Bertz CT molecular complexity index is 564. The van der Waals surface area contributed by atoms with Gasteiger partial charge in [-0.3, -0.25) is 4.79 Å². The summed E-state index contributed by atoms with van der Waals surface area (Å²) in [5, 5.41) is 12.0. The number of nitriles is 1. The van der Waals surface area contributed by atoms with Gasteiger partial charge in [0.15, 0.2) is 0 Å². The highest BCUT2D eigenvalue weighted by atomic mass is 16.5. The third kappa shape index (κ3) is 4.47. The lowest BCUT2D eigenvalue weighted by Crippen LogP contribution is -2.42. The first-order valence-electron chi connectivity index (χ1n) is 7.52. The molecular formula is C17H24N2O3. The molecule has 0 aliphatic carbocycles. The van der Waals surface area contributed by atoms with Gasteiger partial charge < -0.3 is 14.8 Å². The van der Waals surface area contributed by atoms with Crippen LogP contribution in [0, 0.1) is 11.3 Å². The normalized spacial score (nSPS) is 13.3. The van der Waals surface area contributed by atoms with Gasteiger partial charge in [-0.1, -0.05) is 6.92 Å². The second kappa shape index (κ2) is 7.81. The van der Waals surface area contributed by atoms with Crippen LogP contribution in [0.5, 0.6) is 5.75 Å². The Labute approximate surface area is 132 Å².